The summed E-state index contributed by atoms with van der Waals surface area (Å²) in [6, 6.07) is 15.9. The summed E-state index contributed by atoms with van der Waals surface area (Å²) in [6.07, 6.45) is 6.54. The van der Waals surface area contributed by atoms with Crippen LogP contribution in [-0.4, -0.2) is 37.2 Å². The number of rotatable bonds is 17. The molecule has 0 fully saturated rings. The average Bonchev–Trinajstić information content (AvgIpc) is 2.95. The van der Waals surface area contributed by atoms with Gasteiger partial charge >= 0.3 is 0 Å². The fourth-order valence-electron chi connectivity index (χ4n) is 4.62. The molecule has 0 spiro atoms. The highest BCUT2D eigenvalue weighted by Gasteiger charge is 2.22. The molecular formula is C32H44N2O4. The molecule has 0 amide bonds. The van der Waals surface area contributed by atoms with Crippen LogP contribution < -0.4 is 9.47 Å². The quantitative estimate of drug-likeness (QED) is 0.165. The monoisotopic (exact) mass is 520 g/mol. The zero-order chi connectivity index (χ0) is 27.9. The molecule has 2 unspecified atom stereocenters. The summed E-state index contributed by atoms with van der Waals surface area (Å²) in [5.74, 6) is 1.43. The number of hydrogen-bond acceptors (Lipinski definition) is 6. The summed E-state index contributed by atoms with van der Waals surface area (Å²) in [7, 11) is 3.30. The molecule has 0 N–H and O–H groups in total. The smallest absolute Gasteiger partial charge is 0.181 e. The standard InChI is InChI=1S/C32H44N2O4/c1-7-9-27(17-11-25-13-19-29(37-5)20-14-25)31(35)23(3)33-34-24(4)32(36)28(10-8-2)18-12-26-15-21-30(38-6)22-16-26/h13-16,19-22,27-28H,7-12,17-18H2,1-6H3/b33-23+,34-24+. The Morgan fingerprint density at radius 1 is 0.632 bits per heavy atom. The summed E-state index contributed by atoms with van der Waals surface area (Å²) >= 11 is 0. The first-order valence-corrected chi connectivity index (χ1v) is 13.8. The molecule has 6 heteroatoms. The molecule has 0 bridgehead atoms. The molecule has 2 aromatic rings. The van der Waals surface area contributed by atoms with Gasteiger partial charge in [-0.25, -0.2) is 0 Å². The van der Waals surface area contributed by atoms with Crippen LogP contribution in [0.1, 0.15) is 77.3 Å². The Balaban J connectivity index is 2.02. The zero-order valence-corrected chi connectivity index (χ0v) is 24.0. The molecule has 0 saturated heterocycles. The molecule has 0 radical (unpaired) electrons. The number of benzene rings is 2. The Bertz CT molecular complexity index is 984. The first-order valence-electron chi connectivity index (χ1n) is 13.8. The zero-order valence-electron chi connectivity index (χ0n) is 24.0. The second kappa shape index (κ2) is 16.5. The van der Waals surface area contributed by atoms with Crippen molar-refractivity contribution in [1.82, 2.24) is 0 Å². The van der Waals surface area contributed by atoms with Gasteiger partial charge in [-0.3, -0.25) is 9.59 Å². The van der Waals surface area contributed by atoms with Gasteiger partial charge in [0.25, 0.3) is 0 Å². The Kier molecular flexibility index (Phi) is 13.5. The third-order valence-corrected chi connectivity index (χ3v) is 6.96. The summed E-state index contributed by atoms with van der Waals surface area (Å²) in [6.45, 7) is 7.57. The maximum absolute atomic E-state index is 13.2. The minimum Gasteiger partial charge on any atom is -0.497 e. The maximum Gasteiger partial charge on any atom is 0.181 e. The maximum atomic E-state index is 13.2. The van der Waals surface area contributed by atoms with Gasteiger partial charge in [0.1, 0.15) is 22.9 Å². The molecule has 0 aliphatic heterocycles. The van der Waals surface area contributed by atoms with E-state index in [2.05, 4.69) is 24.1 Å². The topological polar surface area (TPSA) is 77.3 Å². The highest BCUT2D eigenvalue weighted by molar-refractivity contribution is 6.41. The number of nitrogens with zero attached hydrogens (tertiary/aromatic N) is 2. The Hall–Kier alpha value is -3.28. The van der Waals surface area contributed by atoms with Crippen molar-refractivity contribution in [3.63, 3.8) is 0 Å². The molecule has 0 aliphatic rings. The molecule has 0 saturated carbocycles. The summed E-state index contributed by atoms with van der Waals surface area (Å²) in [4.78, 5) is 26.3. The van der Waals surface area contributed by atoms with Crippen molar-refractivity contribution in [2.24, 2.45) is 22.0 Å². The lowest BCUT2D eigenvalue weighted by molar-refractivity contribution is -0.117. The van der Waals surface area contributed by atoms with Gasteiger partial charge < -0.3 is 9.47 Å². The molecular weight excluding hydrogens is 476 g/mol. The average molecular weight is 521 g/mol. The lowest BCUT2D eigenvalue weighted by atomic mass is 9.89. The van der Waals surface area contributed by atoms with Crippen LogP contribution in [0.3, 0.4) is 0 Å². The van der Waals surface area contributed by atoms with Gasteiger partial charge in [-0.15, -0.1) is 0 Å². The number of methoxy groups -OCH3 is 2. The van der Waals surface area contributed by atoms with Crippen LogP contribution in [0.2, 0.25) is 0 Å². The molecule has 2 atom stereocenters. The number of aryl methyl sites for hydroxylation is 2. The van der Waals surface area contributed by atoms with Gasteiger partial charge in [0, 0.05) is 11.8 Å². The van der Waals surface area contributed by atoms with Crippen molar-refractivity contribution >= 4 is 23.0 Å². The molecule has 206 valence electrons. The van der Waals surface area contributed by atoms with Crippen molar-refractivity contribution in [2.45, 2.75) is 79.1 Å². The van der Waals surface area contributed by atoms with Crippen LogP contribution in [0.15, 0.2) is 58.7 Å². The number of hydrogen-bond donors (Lipinski definition) is 0. The van der Waals surface area contributed by atoms with E-state index in [1.54, 1.807) is 28.1 Å². The highest BCUT2D eigenvalue weighted by atomic mass is 16.5. The van der Waals surface area contributed by atoms with Crippen LogP contribution in [0.5, 0.6) is 11.5 Å². The van der Waals surface area contributed by atoms with Crippen molar-refractivity contribution in [3.05, 3.63) is 59.7 Å². The predicted octanol–water partition coefficient (Wildman–Crippen LogP) is 7.08. The van der Waals surface area contributed by atoms with Crippen molar-refractivity contribution < 1.29 is 19.1 Å². The molecule has 38 heavy (non-hydrogen) atoms. The minimum absolute atomic E-state index is 0.00831. The van der Waals surface area contributed by atoms with E-state index in [9.17, 15) is 9.59 Å². The van der Waals surface area contributed by atoms with Gasteiger partial charge in [-0.05, 0) is 87.8 Å². The summed E-state index contributed by atoms with van der Waals surface area (Å²) in [5, 5.41) is 8.42. The number of carbonyl (C=O) groups excluding carboxylic acids is 2. The third-order valence-electron chi connectivity index (χ3n) is 6.96. The fourth-order valence-corrected chi connectivity index (χ4v) is 4.62. The minimum atomic E-state index is -0.116. The van der Waals surface area contributed by atoms with Crippen LogP contribution >= 0.6 is 0 Å². The Labute approximate surface area is 228 Å². The molecule has 0 aromatic heterocycles. The summed E-state index contributed by atoms with van der Waals surface area (Å²) in [5.41, 5.74) is 3.06. The van der Waals surface area contributed by atoms with E-state index < -0.39 is 0 Å². The molecule has 2 rings (SSSR count). The third kappa shape index (κ3) is 9.88. The molecule has 2 aromatic carbocycles. The molecule has 6 nitrogen and oxygen atoms in total. The van der Waals surface area contributed by atoms with E-state index in [0.29, 0.717) is 11.4 Å². The predicted molar refractivity (Wildman–Crippen MR) is 156 cm³/mol. The number of Topliss-reactive ketones (excluding diaryl/α,β-unsaturated/α-hetero) is 2. The van der Waals surface area contributed by atoms with E-state index in [-0.39, 0.29) is 23.4 Å². The second-order valence-electron chi connectivity index (χ2n) is 9.84. The molecule has 0 aliphatic carbocycles. The van der Waals surface area contributed by atoms with E-state index in [1.165, 1.54) is 11.1 Å². The molecule has 0 heterocycles. The van der Waals surface area contributed by atoms with Crippen molar-refractivity contribution in [1.29, 1.82) is 0 Å². The number of ketones is 2. The van der Waals surface area contributed by atoms with Gasteiger partial charge in [0.2, 0.25) is 0 Å². The Morgan fingerprint density at radius 2 is 0.974 bits per heavy atom. The van der Waals surface area contributed by atoms with Crippen LogP contribution in [0.25, 0.3) is 0 Å². The van der Waals surface area contributed by atoms with Crippen molar-refractivity contribution in [3.8, 4) is 11.5 Å². The lowest BCUT2D eigenvalue weighted by Crippen LogP contribution is -2.24. The normalized spacial score (nSPS) is 13.6. The van der Waals surface area contributed by atoms with Crippen LogP contribution in [0.4, 0.5) is 0 Å². The van der Waals surface area contributed by atoms with Crippen LogP contribution in [0, 0.1) is 11.8 Å². The largest absolute Gasteiger partial charge is 0.497 e. The van der Waals surface area contributed by atoms with Gasteiger partial charge in [0.05, 0.1) is 14.2 Å². The summed E-state index contributed by atoms with van der Waals surface area (Å²) < 4.78 is 10.5. The van der Waals surface area contributed by atoms with Crippen LogP contribution in [-0.2, 0) is 22.4 Å². The lowest BCUT2D eigenvalue weighted by Gasteiger charge is -2.15. The van der Waals surface area contributed by atoms with Gasteiger partial charge in [0.15, 0.2) is 11.6 Å². The fraction of sp³-hybridized carbons (Fsp3) is 0.500. The van der Waals surface area contributed by atoms with Gasteiger partial charge in [-0.2, -0.15) is 10.2 Å². The number of carbonyl (C=O) groups is 2. The SMILES string of the molecule is CCCC(CCc1ccc(OC)cc1)C(=O)/C(C)=N/N=C(\C)C(=O)C(CCC)CCc1ccc(OC)cc1. The second-order valence-corrected chi connectivity index (χ2v) is 9.84. The van der Waals surface area contributed by atoms with Crippen molar-refractivity contribution in [2.75, 3.05) is 14.2 Å². The first kappa shape index (κ1) is 30.9. The first-order chi connectivity index (χ1) is 18.3. The van der Waals surface area contributed by atoms with E-state index >= 15 is 0 Å². The van der Waals surface area contributed by atoms with Gasteiger partial charge in [-0.1, -0.05) is 51.0 Å². The van der Waals surface area contributed by atoms with E-state index in [0.717, 1.165) is 62.9 Å². The van der Waals surface area contributed by atoms with E-state index in [4.69, 9.17) is 9.47 Å². The number of ether oxygens (including phenoxy) is 2. The Morgan fingerprint density at radius 3 is 1.26 bits per heavy atom. The highest BCUT2D eigenvalue weighted by Crippen LogP contribution is 2.21. The van der Waals surface area contributed by atoms with E-state index in [1.807, 2.05) is 48.5 Å².